The largest absolute Gasteiger partial charge is 0.496 e. The zero-order valence-electron chi connectivity index (χ0n) is 9.11. The van der Waals surface area contributed by atoms with E-state index in [1.807, 2.05) is 0 Å². The molecule has 0 radical (unpaired) electrons. The van der Waals surface area contributed by atoms with E-state index >= 15 is 0 Å². The summed E-state index contributed by atoms with van der Waals surface area (Å²) in [7, 11) is 1.20. The third-order valence-corrected chi connectivity index (χ3v) is 2.13. The number of hydrogen-bond donors (Lipinski definition) is 0. The van der Waals surface area contributed by atoms with Crippen molar-refractivity contribution < 1.29 is 22.7 Å². The maximum absolute atomic E-state index is 13.4. The summed E-state index contributed by atoms with van der Waals surface area (Å²) in [6.07, 6.45) is 0. The van der Waals surface area contributed by atoms with Crippen LogP contribution in [0.2, 0.25) is 0 Å². The van der Waals surface area contributed by atoms with Gasteiger partial charge in [-0.1, -0.05) is 6.07 Å². The smallest absolute Gasteiger partial charge is 0.307 e. The standard InChI is InChI=1S/C11H11F3O2/c1-6-4-5-7(12)8(9(6)16-3)10(15)11(2,13)14/h4-5H,1-3H3. The molecule has 0 aliphatic rings. The van der Waals surface area contributed by atoms with Crippen molar-refractivity contribution in [3.8, 4) is 5.75 Å². The lowest BCUT2D eigenvalue weighted by atomic mass is 10.0. The predicted molar refractivity (Wildman–Crippen MR) is 52.6 cm³/mol. The van der Waals surface area contributed by atoms with Crippen LogP contribution in [0.4, 0.5) is 13.2 Å². The fraction of sp³-hybridized carbons (Fsp3) is 0.364. The first-order valence-electron chi connectivity index (χ1n) is 4.54. The van der Waals surface area contributed by atoms with E-state index in [1.54, 1.807) is 6.92 Å². The Bertz CT molecular complexity index is 422. The number of halogens is 3. The first kappa shape index (κ1) is 12.5. The van der Waals surface area contributed by atoms with Gasteiger partial charge in [0.05, 0.1) is 7.11 Å². The third kappa shape index (κ3) is 2.18. The van der Waals surface area contributed by atoms with Crippen LogP contribution in [-0.2, 0) is 0 Å². The molecule has 16 heavy (non-hydrogen) atoms. The molecule has 0 bridgehead atoms. The van der Waals surface area contributed by atoms with Crippen LogP contribution in [0.1, 0.15) is 22.8 Å². The molecular weight excluding hydrogens is 221 g/mol. The Balaban J connectivity index is 3.43. The highest BCUT2D eigenvalue weighted by atomic mass is 19.3. The van der Waals surface area contributed by atoms with Gasteiger partial charge >= 0.3 is 5.92 Å². The number of aryl methyl sites for hydroxylation is 1. The summed E-state index contributed by atoms with van der Waals surface area (Å²) in [5.74, 6) is -6.35. The Kier molecular flexibility index (Phi) is 3.26. The van der Waals surface area contributed by atoms with Crippen molar-refractivity contribution in [2.24, 2.45) is 0 Å². The minimum atomic E-state index is -3.62. The highest BCUT2D eigenvalue weighted by Crippen LogP contribution is 2.31. The number of ketones is 1. The van der Waals surface area contributed by atoms with Gasteiger partial charge in [0.2, 0.25) is 5.78 Å². The Morgan fingerprint density at radius 3 is 2.38 bits per heavy atom. The number of Topliss-reactive ketones (excluding diaryl/α,β-unsaturated/α-hetero) is 1. The van der Waals surface area contributed by atoms with Crippen LogP contribution in [0.3, 0.4) is 0 Å². The Labute approximate surface area is 91.0 Å². The molecule has 1 rings (SSSR count). The quantitative estimate of drug-likeness (QED) is 0.749. The molecule has 0 N–H and O–H groups in total. The van der Waals surface area contributed by atoms with Gasteiger partial charge in [-0.3, -0.25) is 4.79 Å². The summed E-state index contributed by atoms with van der Waals surface area (Å²) in [5.41, 5.74) is -0.272. The summed E-state index contributed by atoms with van der Waals surface area (Å²) in [6, 6.07) is 2.33. The van der Waals surface area contributed by atoms with Gasteiger partial charge in [0, 0.05) is 6.92 Å². The molecule has 0 unspecified atom stereocenters. The number of hydrogen-bond acceptors (Lipinski definition) is 2. The van der Waals surface area contributed by atoms with Crippen molar-refractivity contribution in [1.82, 2.24) is 0 Å². The molecule has 0 fully saturated rings. The lowest BCUT2D eigenvalue weighted by Gasteiger charge is -2.14. The van der Waals surface area contributed by atoms with Gasteiger partial charge in [-0.05, 0) is 18.6 Å². The van der Waals surface area contributed by atoms with Crippen molar-refractivity contribution in [1.29, 1.82) is 0 Å². The van der Waals surface area contributed by atoms with Gasteiger partial charge in [0.15, 0.2) is 0 Å². The molecule has 0 atom stereocenters. The van der Waals surface area contributed by atoms with E-state index in [0.29, 0.717) is 12.5 Å². The second kappa shape index (κ2) is 4.15. The molecular formula is C11H11F3O2. The fourth-order valence-corrected chi connectivity index (χ4v) is 1.36. The summed E-state index contributed by atoms with van der Waals surface area (Å²) in [4.78, 5) is 11.3. The average molecular weight is 232 g/mol. The summed E-state index contributed by atoms with van der Waals surface area (Å²) in [6.45, 7) is 1.97. The van der Waals surface area contributed by atoms with E-state index in [1.165, 1.54) is 13.2 Å². The van der Waals surface area contributed by atoms with Gasteiger partial charge in [-0.2, -0.15) is 8.78 Å². The van der Waals surface area contributed by atoms with E-state index in [-0.39, 0.29) is 5.75 Å². The number of benzene rings is 1. The molecule has 0 amide bonds. The van der Waals surface area contributed by atoms with Gasteiger partial charge in [-0.15, -0.1) is 0 Å². The minimum absolute atomic E-state index is 0.147. The van der Waals surface area contributed by atoms with Crippen LogP contribution in [-0.4, -0.2) is 18.8 Å². The summed E-state index contributed by atoms with van der Waals surface area (Å²) in [5, 5.41) is 0. The van der Waals surface area contributed by atoms with E-state index in [2.05, 4.69) is 0 Å². The third-order valence-electron chi connectivity index (χ3n) is 2.13. The number of alkyl halides is 2. The Morgan fingerprint density at radius 1 is 1.38 bits per heavy atom. The molecule has 0 saturated heterocycles. The summed E-state index contributed by atoms with van der Waals surface area (Å²) < 4.78 is 43.9. The minimum Gasteiger partial charge on any atom is -0.496 e. The SMILES string of the molecule is COc1c(C)ccc(F)c1C(=O)C(C)(F)F. The molecule has 0 heterocycles. The second-order valence-corrected chi connectivity index (χ2v) is 3.49. The summed E-state index contributed by atoms with van der Waals surface area (Å²) >= 11 is 0. The average Bonchev–Trinajstić information content (AvgIpc) is 2.18. The fourth-order valence-electron chi connectivity index (χ4n) is 1.36. The van der Waals surface area contributed by atoms with Crippen molar-refractivity contribution in [3.63, 3.8) is 0 Å². The number of methoxy groups -OCH3 is 1. The molecule has 5 heteroatoms. The molecule has 0 saturated carbocycles. The van der Waals surface area contributed by atoms with Crippen molar-refractivity contribution in [2.75, 3.05) is 7.11 Å². The van der Waals surface area contributed by atoms with Crippen LogP contribution in [0.5, 0.6) is 5.75 Å². The normalized spacial score (nSPS) is 11.4. The first-order chi connectivity index (χ1) is 7.29. The lowest BCUT2D eigenvalue weighted by Crippen LogP contribution is -2.26. The molecule has 1 aromatic rings. The molecule has 0 spiro atoms. The number of ether oxygens (including phenoxy) is 1. The van der Waals surface area contributed by atoms with E-state index < -0.39 is 23.1 Å². The number of carbonyl (C=O) groups excluding carboxylic acids is 1. The van der Waals surface area contributed by atoms with Gasteiger partial charge in [0.1, 0.15) is 17.1 Å². The van der Waals surface area contributed by atoms with Crippen LogP contribution >= 0.6 is 0 Å². The lowest BCUT2D eigenvalue weighted by molar-refractivity contribution is 0.0214. The number of carbonyl (C=O) groups is 1. The zero-order valence-corrected chi connectivity index (χ0v) is 9.11. The van der Waals surface area contributed by atoms with Crippen molar-refractivity contribution in [2.45, 2.75) is 19.8 Å². The van der Waals surface area contributed by atoms with E-state index in [0.717, 1.165) is 6.07 Å². The molecule has 1 aromatic carbocycles. The van der Waals surface area contributed by atoms with E-state index in [9.17, 15) is 18.0 Å². The van der Waals surface area contributed by atoms with Crippen LogP contribution in [0.15, 0.2) is 12.1 Å². The topological polar surface area (TPSA) is 26.3 Å². The first-order valence-corrected chi connectivity index (χ1v) is 4.54. The Hall–Kier alpha value is -1.52. The molecule has 88 valence electrons. The van der Waals surface area contributed by atoms with Gasteiger partial charge in [0.25, 0.3) is 0 Å². The maximum atomic E-state index is 13.4. The van der Waals surface area contributed by atoms with Crippen molar-refractivity contribution in [3.05, 3.63) is 29.1 Å². The second-order valence-electron chi connectivity index (χ2n) is 3.49. The molecule has 2 nitrogen and oxygen atoms in total. The van der Waals surface area contributed by atoms with Crippen LogP contribution in [0.25, 0.3) is 0 Å². The van der Waals surface area contributed by atoms with Gasteiger partial charge in [-0.25, -0.2) is 4.39 Å². The highest BCUT2D eigenvalue weighted by molar-refractivity contribution is 6.03. The maximum Gasteiger partial charge on any atom is 0.307 e. The van der Waals surface area contributed by atoms with E-state index in [4.69, 9.17) is 4.74 Å². The zero-order chi connectivity index (χ0) is 12.5. The van der Waals surface area contributed by atoms with Crippen LogP contribution < -0.4 is 4.74 Å². The van der Waals surface area contributed by atoms with Crippen LogP contribution in [0, 0.1) is 12.7 Å². The Morgan fingerprint density at radius 2 is 1.94 bits per heavy atom. The molecule has 0 aliphatic heterocycles. The molecule has 0 aromatic heterocycles. The monoisotopic (exact) mass is 232 g/mol. The highest BCUT2D eigenvalue weighted by Gasteiger charge is 2.37. The van der Waals surface area contributed by atoms with Crippen molar-refractivity contribution >= 4 is 5.78 Å². The van der Waals surface area contributed by atoms with Gasteiger partial charge < -0.3 is 4.74 Å². The predicted octanol–water partition coefficient (Wildman–Crippen LogP) is 2.98. The number of rotatable bonds is 3. The molecule has 0 aliphatic carbocycles.